The molecule has 0 spiro atoms. The molecule has 0 atom stereocenters. The number of piperazine rings is 1. The van der Waals surface area contributed by atoms with Gasteiger partial charge in [0.05, 0.1) is 17.6 Å². The van der Waals surface area contributed by atoms with Crippen LogP contribution < -0.4 is 4.90 Å². The van der Waals surface area contributed by atoms with Crippen molar-refractivity contribution in [3.8, 4) is 0 Å². The summed E-state index contributed by atoms with van der Waals surface area (Å²) < 4.78 is 38.8. The normalized spacial score (nSPS) is 17.7. The van der Waals surface area contributed by atoms with Crippen molar-refractivity contribution < 1.29 is 13.2 Å². The van der Waals surface area contributed by atoms with Crippen molar-refractivity contribution in [1.29, 1.82) is 0 Å². The largest absolute Gasteiger partial charge is 0.416 e. The van der Waals surface area contributed by atoms with Crippen LogP contribution in [0.4, 0.5) is 24.5 Å². The Morgan fingerprint density at radius 3 is 2.46 bits per heavy atom. The van der Waals surface area contributed by atoms with E-state index >= 15 is 0 Å². The Morgan fingerprint density at radius 1 is 0.893 bits per heavy atom. The molecular weight excluding hydrogens is 365 g/mol. The molecule has 0 saturated carbocycles. The van der Waals surface area contributed by atoms with Gasteiger partial charge in [-0.15, -0.1) is 0 Å². The van der Waals surface area contributed by atoms with Crippen molar-refractivity contribution >= 4 is 17.7 Å². The van der Waals surface area contributed by atoms with Gasteiger partial charge in [-0.05, 0) is 29.8 Å². The first-order valence-electron chi connectivity index (χ1n) is 9.50. The minimum absolute atomic E-state index is 0.586. The molecule has 2 heterocycles. The third kappa shape index (κ3) is 4.30. The number of alkyl halides is 3. The first kappa shape index (κ1) is 18.8. The third-order valence-electron chi connectivity index (χ3n) is 5.34. The monoisotopic (exact) mass is 388 g/mol. The van der Waals surface area contributed by atoms with E-state index in [0.717, 1.165) is 57.6 Å². The zero-order valence-electron chi connectivity index (χ0n) is 15.6. The average Bonchev–Trinajstić information content (AvgIpc) is 2.72. The van der Waals surface area contributed by atoms with Crippen molar-refractivity contribution in [3.63, 3.8) is 0 Å². The van der Waals surface area contributed by atoms with Gasteiger partial charge >= 0.3 is 6.18 Å². The highest BCUT2D eigenvalue weighted by Crippen LogP contribution is 2.32. The molecule has 4 nitrogen and oxygen atoms in total. The molecule has 2 aliphatic rings. The highest BCUT2D eigenvalue weighted by atomic mass is 19.4. The average molecular weight is 388 g/mol. The van der Waals surface area contributed by atoms with E-state index in [0.29, 0.717) is 5.69 Å². The van der Waals surface area contributed by atoms with Crippen molar-refractivity contribution in [2.45, 2.75) is 12.7 Å². The molecule has 1 fully saturated rings. The summed E-state index contributed by atoms with van der Waals surface area (Å²) in [7, 11) is 0. The number of fused-ring (bicyclic) bond motifs is 1. The first-order chi connectivity index (χ1) is 13.5. The summed E-state index contributed by atoms with van der Waals surface area (Å²) in [4.78, 5) is 11.1. The Morgan fingerprint density at radius 2 is 1.68 bits per heavy atom. The smallest absolute Gasteiger partial charge is 0.369 e. The summed E-state index contributed by atoms with van der Waals surface area (Å²) in [6, 6.07) is 13.8. The second-order valence-corrected chi connectivity index (χ2v) is 7.22. The van der Waals surface area contributed by atoms with Crippen LogP contribution in [0, 0.1) is 0 Å². The van der Waals surface area contributed by atoms with Gasteiger partial charge in [0, 0.05) is 51.5 Å². The summed E-state index contributed by atoms with van der Waals surface area (Å²) in [5, 5.41) is 0. The molecule has 1 saturated heterocycles. The molecule has 0 bridgehead atoms. The van der Waals surface area contributed by atoms with E-state index in [1.807, 2.05) is 29.4 Å². The van der Waals surface area contributed by atoms with Crippen molar-refractivity contribution in [2.75, 3.05) is 44.2 Å². The Hall–Kier alpha value is -2.54. The van der Waals surface area contributed by atoms with Gasteiger partial charge in [-0.25, -0.2) is 4.99 Å². The van der Waals surface area contributed by atoms with E-state index in [9.17, 15) is 13.2 Å². The number of hydrogen-bond donors (Lipinski definition) is 0. The lowest BCUT2D eigenvalue weighted by atomic mass is 10.1. The first-order valence-corrected chi connectivity index (χ1v) is 9.50. The van der Waals surface area contributed by atoms with Gasteiger partial charge in [0.2, 0.25) is 0 Å². The van der Waals surface area contributed by atoms with Crippen LogP contribution in [0.25, 0.3) is 0 Å². The van der Waals surface area contributed by atoms with Gasteiger partial charge in [-0.2, -0.15) is 13.2 Å². The summed E-state index contributed by atoms with van der Waals surface area (Å²) in [5.74, 6) is 0. The quantitative estimate of drug-likeness (QED) is 0.790. The zero-order chi connectivity index (χ0) is 19.6. The molecule has 148 valence electrons. The molecule has 0 radical (unpaired) electrons. The zero-order valence-corrected chi connectivity index (χ0v) is 15.6. The molecule has 0 aliphatic carbocycles. The van der Waals surface area contributed by atoms with Crippen LogP contribution in [-0.2, 0) is 12.7 Å². The number of rotatable bonds is 4. The summed E-state index contributed by atoms with van der Waals surface area (Å²) in [6.07, 6.45) is -2.40. The molecule has 2 aromatic rings. The number of anilines is 1. The molecule has 2 aromatic carbocycles. The highest BCUT2D eigenvalue weighted by molar-refractivity contribution is 5.66. The standard InChI is InChI=1S/C21H23F3N4/c22-21(23,24)18-5-3-6-19(14-18)28-12-10-26(11-13-28)8-9-27-15-17-4-1-2-7-20(17)25-16-27/h1-7,14,16H,8-13,15H2. The predicted molar refractivity (Wildman–Crippen MR) is 105 cm³/mol. The van der Waals surface area contributed by atoms with Crippen LogP contribution in [0.2, 0.25) is 0 Å². The Balaban J connectivity index is 1.27. The minimum atomic E-state index is -4.30. The van der Waals surface area contributed by atoms with Crippen molar-refractivity contribution in [2.24, 2.45) is 4.99 Å². The van der Waals surface area contributed by atoms with Gasteiger partial charge in [0.15, 0.2) is 0 Å². The summed E-state index contributed by atoms with van der Waals surface area (Å²) in [6.45, 7) is 5.84. The van der Waals surface area contributed by atoms with Crippen LogP contribution in [0.3, 0.4) is 0 Å². The van der Waals surface area contributed by atoms with Crippen LogP contribution in [0.15, 0.2) is 53.5 Å². The van der Waals surface area contributed by atoms with E-state index in [1.54, 1.807) is 6.07 Å². The Labute approximate surface area is 162 Å². The van der Waals surface area contributed by atoms with E-state index in [1.165, 1.54) is 17.7 Å². The second kappa shape index (κ2) is 7.83. The van der Waals surface area contributed by atoms with Crippen molar-refractivity contribution in [1.82, 2.24) is 9.80 Å². The van der Waals surface area contributed by atoms with Crippen molar-refractivity contribution in [3.05, 3.63) is 59.7 Å². The fourth-order valence-corrected chi connectivity index (χ4v) is 3.69. The molecule has 7 heteroatoms. The molecule has 0 N–H and O–H groups in total. The van der Waals surface area contributed by atoms with E-state index in [2.05, 4.69) is 20.9 Å². The topological polar surface area (TPSA) is 22.1 Å². The summed E-state index contributed by atoms with van der Waals surface area (Å²) in [5.41, 5.74) is 2.33. The maximum absolute atomic E-state index is 12.9. The lowest BCUT2D eigenvalue weighted by molar-refractivity contribution is -0.137. The Kier molecular flexibility index (Phi) is 5.26. The number of nitrogens with zero attached hydrogens (tertiary/aromatic N) is 4. The van der Waals surface area contributed by atoms with Crippen LogP contribution in [0.1, 0.15) is 11.1 Å². The van der Waals surface area contributed by atoms with E-state index < -0.39 is 11.7 Å². The molecule has 0 aromatic heterocycles. The molecular formula is C21H23F3N4. The van der Waals surface area contributed by atoms with Gasteiger partial charge < -0.3 is 9.80 Å². The van der Waals surface area contributed by atoms with Crippen LogP contribution in [0.5, 0.6) is 0 Å². The molecule has 2 aliphatic heterocycles. The summed E-state index contributed by atoms with van der Waals surface area (Å²) >= 11 is 0. The maximum Gasteiger partial charge on any atom is 0.416 e. The van der Waals surface area contributed by atoms with Gasteiger partial charge in [0.1, 0.15) is 0 Å². The lowest BCUT2D eigenvalue weighted by Gasteiger charge is -2.37. The molecule has 0 unspecified atom stereocenters. The number of aliphatic imine (C=N–C) groups is 1. The lowest BCUT2D eigenvalue weighted by Crippen LogP contribution is -2.48. The van der Waals surface area contributed by atoms with Crippen LogP contribution >= 0.6 is 0 Å². The highest BCUT2D eigenvalue weighted by Gasteiger charge is 2.31. The number of halogens is 3. The maximum atomic E-state index is 12.9. The fraction of sp³-hybridized carbons (Fsp3) is 0.381. The Bertz CT molecular complexity index is 842. The number of para-hydroxylation sites is 1. The SMILES string of the molecule is FC(F)(F)c1cccc(N2CCN(CCN3C=Nc4ccccc4C3)CC2)c1. The van der Waals surface area contributed by atoms with Gasteiger partial charge in [-0.3, -0.25) is 4.90 Å². The van der Waals surface area contributed by atoms with Crippen LogP contribution in [-0.4, -0.2) is 55.4 Å². The number of benzene rings is 2. The third-order valence-corrected chi connectivity index (χ3v) is 5.34. The molecule has 4 rings (SSSR count). The fourth-order valence-electron chi connectivity index (χ4n) is 3.69. The van der Waals surface area contributed by atoms with Gasteiger partial charge in [0.25, 0.3) is 0 Å². The predicted octanol–water partition coefficient (Wildman–Crippen LogP) is 4.00. The second-order valence-electron chi connectivity index (χ2n) is 7.22. The van der Waals surface area contributed by atoms with E-state index in [4.69, 9.17) is 0 Å². The minimum Gasteiger partial charge on any atom is -0.369 e. The number of hydrogen-bond acceptors (Lipinski definition) is 4. The van der Waals surface area contributed by atoms with E-state index in [-0.39, 0.29) is 0 Å². The molecule has 28 heavy (non-hydrogen) atoms. The van der Waals surface area contributed by atoms with Gasteiger partial charge in [-0.1, -0.05) is 24.3 Å². The molecule has 0 amide bonds.